The molecule has 0 saturated heterocycles. The molecule has 4 N–H and O–H groups in total. The van der Waals surface area contributed by atoms with Crippen molar-refractivity contribution < 1.29 is 9.59 Å². The third-order valence-electron chi connectivity index (χ3n) is 2.63. The molecule has 1 aromatic rings. The van der Waals surface area contributed by atoms with Crippen LogP contribution in [-0.2, 0) is 4.79 Å². The van der Waals surface area contributed by atoms with Gasteiger partial charge in [-0.2, -0.15) is 0 Å². The molecule has 0 spiro atoms. The Balaban J connectivity index is 3.07. The zero-order valence-electron chi connectivity index (χ0n) is 11.1. The van der Waals surface area contributed by atoms with Crippen molar-refractivity contribution in [1.29, 1.82) is 0 Å². The van der Waals surface area contributed by atoms with E-state index in [2.05, 4.69) is 11.8 Å². The summed E-state index contributed by atoms with van der Waals surface area (Å²) in [5.41, 5.74) is 12.4. The van der Waals surface area contributed by atoms with Gasteiger partial charge in [-0.25, -0.2) is 0 Å². The van der Waals surface area contributed by atoms with Gasteiger partial charge in [-0.05, 0) is 24.6 Å². The van der Waals surface area contributed by atoms with Crippen LogP contribution >= 0.6 is 0 Å². The van der Waals surface area contributed by atoms with Gasteiger partial charge in [0.2, 0.25) is 5.91 Å². The van der Waals surface area contributed by atoms with E-state index in [1.807, 2.05) is 13.0 Å². The third kappa shape index (κ3) is 3.83. The van der Waals surface area contributed by atoms with Gasteiger partial charge in [0, 0.05) is 18.2 Å². The lowest BCUT2D eigenvalue weighted by molar-refractivity contribution is -0.118. The Morgan fingerprint density at radius 3 is 2.63 bits per heavy atom. The smallest absolute Gasteiger partial charge is 0.254 e. The molecule has 0 heterocycles. The molecule has 0 atom stereocenters. The molecule has 19 heavy (non-hydrogen) atoms. The summed E-state index contributed by atoms with van der Waals surface area (Å²) in [4.78, 5) is 24.3. The monoisotopic (exact) mass is 259 g/mol. The molecule has 5 nitrogen and oxygen atoms in total. The zero-order valence-corrected chi connectivity index (χ0v) is 11.1. The molecule has 0 aromatic heterocycles. The van der Waals surface area contributed by atoms with Crippen molar-refractivity contribution in [2.45, 2.75) is 6.92 Å². The van der Waals surface area contributed by atoms with Crippen molar-refractivity contribution in [1.82, 2.24) is 4.90 Å². The van der Waals surface area contributed by atoms with Gasteiger partial charge in [0.05, 0.1) is 13.1 Å². The van der Waals surface area contributed by atoms with Crippen LogP contribution in [0, 0.1) is 18.8 Å². The zero-order chi connectivity index (χ0) is 14.4. The molecule has 0 aliphatic heterocycles. The fourth-order valence-corrected chi connectivity index (χ4v) is 1.66. The van der Waals surface area contributed by atoms with Crippen LogP contribution < -0.4 is 11.5 Å². The maximum absolute atomic E-state index is 12.2. The Kier molecular flexibility index (Phi) is 5.10. The molecule has 5 heteroatoms. The van der Waals surface area contributed by atoms with Crippen molar-refractivity contribution in [3.63, 3.8) is 0 Å². The number of hydrogen-bond acceptors (Lipinski definition) is 3. The lowest BCUT2D eigenvalue weighted by Crippen LogP contribution is -2.35. The van der Waals surface area contributed by atoms with Crippen LogP contribution in [0.4, 0.5) is 0 Å². The first-order valence-electron chi connectivity index (χ1n) is 5.79. The number of likely N-dealkylation sites (N-methyl/N-ethyl adjacent to an activating group) is 1. The van der Waals surface area contributed by atoms with E-state index >= 15 is 0 Å². The SMILES string of the molecule is Cc1c(C#CCN)cccc1C(=O)N(C)CC(N)=O. The molecule has 2 amide bonds. The minimum Gasteiger partial charge on any atom is -0.368 e. The van der Waals surface area contributed by atoms with E-state index in [4.69, 9.17) is 11.5 Å². The number of primary amides is 1. The van der Waals surface area contributed by atoms with Gasteiger partial charge in [-0.3, -0.25) is 9.59 Å². The van der Waals surface area contributed by atoms with Gasteiger partial charge in [0.1, 0.15) is 0 Å². The van der Waals surface area contributed by atoms with Crippen LogP contribution in [0.1, 0.15) is 21.5 Å². The molecule has 0 fully saturated rings. The summed E-state index contributed by atoms with van der Waals surface area (Å²) in [6.07, 6.45) is 0. The Morgan fingerprint density at radius 2 is 2.05 bits per heavy atom. The van der Waals surface area contributed by atoms with Gasteiger partial charge in [0.25, 0.3) is 5.91 Å². The average molecular weight is 259 g/mol. The Bertz CT molecular complexity index is 556. The largest absolute Gasteiger partial charge is 0.368 e. The molecule has 0 saturated carbocycles. The second kappa shape index (κ2) is 6.57. The summed E-state index contributed by atoms with van der Waals surface area (Å²) in [6.45, 7) is 1.96. The lowest BCUT2D eigenvalue weighted by atomic mass is 10.0. The number of benzene rings is 1. The highest BCUT2D eigenvalue weighted by Gasteiger charge is 2.16. The van der Waals surface area contributed by atoms with E-state index in [9.17, 15) is 9.59 Å². The summed E-state index contributed by atoms with van der Waals surface area (Å²) < 4.78 is 0. The van der Waals surface area contributed by atoms with Crippen molar-refractivity contribution in [2.75, 3.05) is 20.1 Å². The van der Waals surface area contributed by atoms with E-state index < -0.39 is 5.91 Å². The second-order valence-electron chi connectivity index (χ2n) is 4.11. The van der Waals surface area contributed by atoms with Crippen molar-refractivity contribution in [3.05, 3.63) is 34.9 Å². The standard InChI is InChI=1S/C14H17N3O2/c1-10-11(6-4-8-15)5-3-7-12(10)14(19)17(2)9-13(16)18/h3,5,7H,8-9,15H2,1-2H3,(H2,16,18). The van der Waals surface area contributed by atoms with E-state index in [1.165, 1.54) is 11.9 Å². The quantitative estimate of drug-likeness (QED) is 0.740. The predicted molar refractivity (Wildman–Crippen MR) is 73.3 cm³/mol. The van der Waals surface area contributed by atoms with Gasteiger partial charge >= 0.3 is 0 Å². The van der Waals surface area contributed by atoms with Gasteiger partial charge in [0.15, 0.2) is 0 Å². The molecule has 0 aliphatic rings. The normalized spacial score (nSPS) is 9.42. The molecule has 1 rings (SSSR count). The van der Waals surface area contributed by atoms with E-state index in [0.29, 0.717) is 5.56 Å². The second-order valence-corrected chi connectivity index (χ2v) is 4.11. The molecule has 0 radical (unpaired) electrons. The summed E-state index contributed by atoms with van der Waals surface area (Å²) in [7, 11) is 1.53. The van der Waals surface area contributed by atoms with Gasteiger partial charge in [-0.15, -0.1) is 0 Å². The Morgan fingerprint density at radius 1 is 1.37 bits per heavy atom. The van der Waals surface area contributed by atoms with Crippen molar-refractivity contribution >= 4 is 11.8 Å². The van der Waals surface area contributed by atoms with Crippen molar-refractivity contribution in [3.8, 4) is 11.8 Å². The van der Waals surface area contributed by atoms with Crippen LogP contribution in [0.15, 0.2) is 18.2 Å². The molecular formula is C14H17N3O2. The summed E-state index contributed by atoms with van der Waals surface area (Å²) in [5.74, 6) is 4.86. The molecule has 100 valence electrons. The summed E-state index contributed by atoms with van der Waals surface area (Å²) >= 11 is 0. The average Bonchev–Trinajstić information content (AvgIpc) is 2.36. The van der Waals surface area contributed by atoms with E-state index in [1.54, 1.807) is 12.1 Å². The molecular weight excluding hydrogens is 242 g/mol. The molecule has 0 aliphatic carbocycles. The third-order valence-corrected chi connectivity index (χ3v) is 2.63. The van der Waals surface area contributed by atoms with Crippen LogP contribution in [0.5, 0.6) is 0 Å². The van der Waals surface area contributed by atoms with Crippen LogP contribution in [-0.4, -0.2) is 36.9 Å². The van der Waals surface area contributed by atoms with E-state index in [0.717, 1.165) is 11.1 Å². The topological polar surface area (TPSA) is 89.4 Å². The number of nitrogens with two attached hydrogens (primary N) is 2. The lowest BCUT2D eigenvalue weighted by Gasteiger charge is -2.16. The number of nitrogens with zero attached hydrogens (tertiary/aromatic N) is 1. The molecule has 0 bridgehead atoms. The fraction of sp³-hybridized carbons (Fsp3) is 0.286. The van der Waals surface area contributed by atoms with E-state index in [-0.39, 0.29) is 19.0 Å². The first-order valence-corrected chi connectivity index (χ1v) is 5.79. The number of rotatable bonds is 3. The maximum atomic E-state index is 12.2. The summed E-state index contributed by atoms with van der Waals surface area (Å²) in [6, 6.07) is 5.27. The predicted octanol–water partition coefficient (Wildman–Crippen LogP) is -0.137. The summed E-state index contributed by atoms with van der Waals surface area (Å²) in [5, 5.41) is 0. The fourth-order valence-electron chi connectivity index (χ4n) is 1.66. The van der Waals surface area contributed by atoms with Crippen LogP contribution in [0.3, 0.4) is 0 Å². The number of amides is 2. The highest BCUT2D eigenvalue weighted by Crippen LogP contribution is 2.14. The van der Waals surface area contributed by atoms with Crippen molar-refractivity contribution in [2.24, 2.45) is 11.5 Å². The molecule has 1 aromatic carbocycles. The van der Waals surface area contributed by atoms with Gasteiger partial charge < -0.3 is 16.4 Å². The highest BCUT2D eigenvalue weighted by atomic mass is 16.2. The maximum Gasteiger partial charge on any atom is 0.254 e. The number of carbonyl (C=O) groups excluding carboxylic acids is 2. The van der Waals surface area contributed by atoms with Crippen LogP contribution in [0.25, 0.3) is 0 Å². The minimum absolute atomic E-state index is 0.114. The highest BCUT2D eigenvalue weighted by molar-refractivity contribution is 5.97. The number of hydrogen-bond donors (Lipinski definition) is 2. The van der Waals surface area contributed by atoms with Crippen LogP contribution in [0.2, 0.25) is 0 Å². The molecule has 0 unspecified atom stereocenters. The Labute approximate surface area is 112 Å². The van der Waals surface area contributed by atoms with Gasteiger partial charge in [-0.1, -0.05) is 17.9 Å². The first kappa shape index (κ1) is 14.7. The number of carbonyl (C=O) groups is 2. The first-order chi connectivity index (χ1) is 8.97. The minimum atomic E-state index is -0.549. The Hall–Kier alpha value is -2.32.